The number of nitrogens with one attached hydrogen (secondary N) is 1. The quantitative estimate of drug-likeness (QED) is 0.891. The van der Waals surface area contributed by atoms with Gasteiger partial charge in [0.05, 0.1) is 18.1 Å². The first kappa shape index (κ1) is 15.0. The van der Waals surface area contributed by atoms with Gasteiger partial charge in [-0.3, -0.25) is 0 Å². The van der Waals surface area contributed by atoms with E-state index in [4.69, 9.17) is 9.47 Å². The average Bonchev–Trinajstić information content (AvgIpc) is 3.34. The van der Waals surface area contributed by atoms with Crippen molar-refractivity contribution in [3.63, 3.8) is 0 Å². The highest BCUT2D eigenvalue weighted by atomic mass is 16.5. The average molecular weight is 329 g/mol. The molecule has 2 fully saturated rings. The van der Waals surface area contributed by atoms with Crippen molar-refractivity contribution in [2.75, 3.05) is 13.7 Å². The van der Waals surface area contributed by atoms with E-state index in [1.165, 1.54) is 24.0 Å². The minimum atomic E-state index is -0.741. The van der Waals surface area contributed by atoms with Gasteiger partial charge in [0.1, 0.15) is 6.10 Å². The molecule has 4 aliphatic rings. The lowest BCUT2D eigenvalue weighted by Gasteiger charge is -2.55. The second-order valence-electron chi connectivity index (χ2n) is 8.36. The van der Waals surface area contributed by atoms with Crippen LogP contribution in [0.4, 0.5) is 0 Å². The van der Waals surface area contributed by atoms with Crippen LogP contribution in [0.5, 0.6) is 11.5 Å². The zero-order valence-corrected chi connectivity index (χ0v) is 14.6. The van der Waals surface area contributed by atoms with E-state index in [2.05, 4.69) is 18.3 Å². The Morgan fingerprint density at radius 3 is 2.92 bits per heavy atom. The summed E-state index contributed by atoms with van der Waals surface area (Å²) in [4.78, 5) is 0. The molecule has 1 aromatic rings. The summed E-state index contributed by atoms with van der Waals surface area (Å²) >= 11 is 0. The Labute approximate surface area is 143 Å². The lowest BCUT2D eigenvalue weighted by molar-refractivity contribution is -0.125. The number of rotatable bonds is 4. The predicted molar refractivity (Wildman–Crippen MR) is 91.8 cm³/mol. The van der Waals surface area contributed by atoms with Crippen molar-refractivity contribution in [3.05, 3.63) is 23.3 Å². The molecule has 130 valence electrons. The first-order chi connectivity index (χ1) is 11.6. The first-order valence-electron chi connectivity index (χ1n) is 9.40. The molecule has 4 atom stereocenters. The van der Waals surface area contributed by atoms with Crippen molar-refractivity contribution in [1.82, 2.24) is 5.32 Å². The highest BCUT2D eigenvalue weighted by Gasteiger charge is 2.66. The summed E-state index contributed by atoms with van der Waals surface area (Å²) in [5, 5.41) is 15.6. The van der Waals surface area contributed by atoms with Crippen LogP contribution in [0.25, 0.3) is 0 Å². The van der Waals surface area contributed by atoms with Crippen LogP contribution in [0.3, 0.4) is 0 Å². The Morgan fingerprint density at radius 1 is 1.33 bits per heavy atom. The fourth-order valence-electron chi connectivity index (χ4n) is 5.50. The number of ether oxygens (including phenoxy) is 2. The number of hydrogen-bond acceptors (Lipinski definition) is 4. The van der Waals surface area contributed by atoms with Gasteiger partial charge in [-0.1, -0.05) is 6.07 Å². The minimum absolute atomic E-state index is 0.0480. The van der Waals surface area contributed by atoms with Crippen LogP contribution in [0.2, 0.25) is 0 Å². The summed E-state index contributed by atoms with van der Waals surface area (Å²) in [6, 6.07) is 4.31. The van der Waals surface area contributed by atoms with Crippen LogP contribution in [0.15, 0.2) is 12.1 Å². The Morgan fingerprint density at radius 2 is 2.17 bits per heavy atom. The van der Waals surface area contributed by atoms with Gasteiger partial charge in [0.25, 0.3) is 0 Å². The van der Waals surface area contributed by atoms with Gasteiger partial charge in [-0.15, -0.1) is 0 Å². The maximum Gasteiger partial charge on any atom is 0.165 e. The van der Waals surface area contributed by atoms with Crippen LogP contribution in [-0.2, 0) is 11.8 Å². The lowest BCUT2D eigenvalue weighted by atomic mass is 9.53. The predicted octanol–water partition coefficient (Wildman–Crippen LogP) is 2.55. The van der Waals surface area contributed by atoms with Crippen LogP contribution < -0.4 is 14.8 Å². The summed E-state index contributed by atoms with van der Waals surface area (Å²) in [6.45, 7) is 3.25. The van der Waals surface area contributed by atoms with Gasteiger partial charge in [0.15, 0.2) is 11.5 Å². The molecule has 0 bridgehead atoms. The maximum atomic E-state index is 11.9. The second kappa shape index (κ2) is 4.89. The van der Waals surface area contributed by atoms with E-state index in [0.29, 0.717) is 0 Å². The van der Waals surface area contributed by atoms with E-state index in [1.54, 1.807) is 7.11 Å². The minimum Gasteiger partial charge on any atom is -0.493 e. The van der Waals surface area contributed by atoms with Gasteiger partial charge in [0, 0.05) is 11.6 Å². The molecule has 1 aromatic carbocycles. The van der Waals surface area contributed by atoms with Gasteiger partial charge in [-0.05, 0) is 69.5 Å². The van der Waals surface area contributed by atoms with Crippen molar-refractivity contribution in [2.45, 2.75) is 68.6 Å². The summed E-state index contributed by atoms with van der Waals surface area (Å²) in [5.74, 6) is 2.49. The van der Waals surface area contributed by atoms with Gasteiger partial charge in [-0.2, -0.15) is 0 Å². The summed E-state index contributed by atoms with van der Waals surface area (Å²) in [7, 11) is 1.70. The van der Waals surface area contributed by atoms with E-state index in [1.807, 2.05) is 6.07 Å². The second-order valence-corrected chi connectivity index (χ2v) is 8.36. The molecular formula is C20H27NO3. The van der Waals surface area contributed by atoms with Crippen LogP contribution in [0.1, 0.15) is 50.2 Å². The molecule has 1 aliphatic heterocycles. The molecular weight excluding hydrogens is 302 g/mol. The number of aliphatic hydroxyl groups is 1. The molecule has 2 saturated carbocycles. The molecule has 3 aliphatic carbocycles. The third-order valence-electron chi connectivity index (χ3n) is 7.13. The molecule has 5 rings (SSSR count). The molecule has 1 unspecified atom stereocenters. The van der Waals surface area contributed by atoms with Crippen LogP contribution in [-0.4, -0.2) is 36.5 Å². The van der Waals surface area contributed by atoms with Gasteiger partial charge in [-0.25, -0.2) is 0 Å². The molecule has 1 heterocycles. The van der Waals surface area contributed by atoms with Crippen LogP contribution in [0, 0.1) is 5.92 Å². The zero-order valence-electron chi connectivity index (χ0n) is 14.6. The topological polar surface area (TPSA) is 50.7 Å². The summed E-state index contributed by atoms with van der Waals surface area (Å²) in [6.07, 6.45) is 6.46. The molecule has 0 spiro atoms. The third kappa shape index (κ3) is 1.76. The standard InChI is InChI=1S/C20H27NO3/c1-19-16-4-3-9-20(19,22)15(21-11-12-5-6-12)10-13-7-8-14(23-2)18(24-16)17(13)19/h7-8,12,15-16,21-22H,3-6,9-11H2,1-2H3/t15-,16+,19?,20-/m0/s1. The Hall–Kier alpha value is -1.26. The normalized spacial score (nSPS) is 39.3. The highest BCUT2D eigenvalue weighted by molar-refractivity contribution is 5.61. The molecule has 4 nitrogen and oxygen atoms in total. The van der Waals surface area contributed by atoms with Crippen molar-refractivity contribution in [3.8, 4) is 11.5 Å². The third-order valence-corrected chi connectivity index (χ3v) is 7.13. The van der Waals surface area contributed by atoms with Crippen molar-refractivity contribution < 1.29 is 14.6 Å². The summed E-state index contributed by atoms with van der Waals surface area (Å²) < 4.78 is 11.9. The molecule has 24 heavy (non-hydrogen) atoms. The van der Waals surface area contributed by atoms with E-state index >= 15 is 0 Å². The molecule has 0 aromatic heterocycles. The number of methoxy groups -OCH3 is 1. The fourth-order valence-corrected chi connectivity index (χ4v) is 5.50. The molecule has 4 heteroatoms. The monoisotopic (exact) mass is 329 g/mol. The molecule has 0 radical (unpaired) electrons. The van der Waals surface area contributed by atoms with E-state index in [9.17, 15) is 5.11 Å². The number of benzene rings is 1. The van der Waals surface area contributed by atoms with Gasteiger partial charge in [0.2, 0.25) is 0 Å². The van der Waals surface area contributed by atoms with E-state index in [-0.39, 0.29) is 17.6 Å². The number of hydrogen-bond donors (Lipinski definition) is 2. The lowest BCUT2D eigenvalue weighted by Crippen LogP contribution is -2.69. The van der Waals surface area contributed by atoms with Gasteiger partial charge >= 0.3 is 0 Å². The first-order valence-corrected chi connectivity index (χ1v) is 9.40. The van der Waals surface area contributed by atoms with Gasteiger partial charge < -0.3 is 19.9 Å². The zero-order chi connectivity index (χ0) is 16.5. The van der Waals surface area contributed by atoms with E-state index in [0.717, 1.165) is 49.6 Å². The Kier molecular flexibility index (Phi) is 3.06. The smallest absolute Gasteiger partial charge is 0.165 e. The molecule has 2 N–H and O–H groups in total. The molecule has 0 saturated heterocycles. The van der Waals surface area contributed by atoms with E-state index < -0.39 is 5.60 Å². The van der Waals surface area contributed by atoms with Crippen molar-refractivity contribution in [2.24, 2.45) is 5.92 Å². The molecule has 0 amide bonds. The highest BCUT2D eigenvalue weighted by Crippen LogP contribution is 2.61. The Balaban J connectivity index is 1.63. The Bertz CT molecular complexity index is 686. The fraction of sp³-hybridized carbons (Fsp3) is 0.700. The summed E-state index contributed by atoms with van der Waals surface area (Å²) in [5.41, 5.74) is 1.44. The SMILES string of the molecule is COc1ccc2c3c1O[C@@H]1CCC[C@](O)([C@@H](NCC4CC4)C2)C31C. The van der Waals surface area contributed by atoms with Crippen molar-refractivity contribution >= 4 is 0 Å². The maximum absolute atomic E-state index is 11.9. The largest absolute Gasteiger partial charge is 0.493 e. The van der Waals surface area contributed by atoms with Crippen LogP contribution >= 0.6 is 0 Å². The van der Waals surface area contributed by atoms with Crippen molar-refractivity contribution in [1.29, 1.82) is 0 Å².